The lowest BCUT2D eigenvalue weighted by Gasteiger charge is -2.09. The van der Waals surface area contributed by atoms with E-state index in [1.165, 1.54) is 0 Å². The third kappa shape index (κ3) is 4.56. The minimum Gasteiger partial charge on any atom is -0.467 e. The van der Waals surface area contributed by atoms with Gasteiger partial charge in [0.15, 0.2) is 0 Å². The van der Waals surface area contributed by atoms with Crippen molar-refractivity contribution in [1.82, 2.24) is 4.98 Å². The van der Waals surface area contributed by atoms with Crippen molar-refractivity contribution in [1.29, 1.82) is 0 Å². The molecule has 134 valence electrons. The molecule has 0 unspecified atom stereocenters. The molecule has 1 N–H and O–H groups in total. The van der Waals surface area contributed by atoms with Crippen LogP contribution in [0.25, 0.3) is 0 Å². The van der Waals surface area contributed by atoms with E-state index in [4.69, 9.17) is 32.4 Å². The molecule has 0 amide bonds. The van der Waals surface area contributed by atoms with E-state index in [0.29, 0.717) is 22.3 Å². The van der Waals surface area contributed by atoms with Gasteiger partial charge in [0.05, 0.1) is 23.4 Å². The van der Waals surface area contributed by atoms with Crippen LogP contribution in [0.1, 0.15) is 27.2 Å². The molecule has 0 radical (unpaired) electrons. The van der Waals surface area contributed by atoms with Crippen LogP contribution >= 0.6 is 23.2 Å². The van der Waals surface area contributed by atoms with Gasteiger partial charge in [0.25, 0.3) is 0 Å². The first kappa shape index (κ1) is 18.3. The Hall–Kier alpha value is -2.50. The van der Waals surface area contributed by atoms with Crippen LogP contribution in [0.15, 0.2) is 53.3 Å². The van der Waals surface area contributed by atoms with E-state index in [1.54, 1.807) is 30.7 Å². The SMILES string of the molecule is Cc1cc(COC(=O)c2ccc(NCc3ccco3)cc2Cl)cnc1Cl. The number of furan rings is 1. The van der Waals surface area contributed by atoms with Gasteiger partial charge in [-0.05, 0) is 48.9 Å². The molecule has 3 aromatic rings. The number of hydrogen-bond donors (Lipinski definition) is 1. The first-order valence-electron chi connectivity index (χ1n) is 7.87. The summed E-state index contributed by atoms with van der Waals surface area (Å²) in [6, 6.07) is 10.6. The predicted molar refractivity (Wildman–Crippen MR) is 101 cm³/mol. The van der Waals surface area contributed by atoms with Crippen LogP contribution in [-0.4, -0.2) is 11.0 Å². The van der Waals surface area contributed by atoms with E-state index in [0.717, 1.165) is 22.6 Å². The molecule has 26 heavy (non-hydrogen) atoms. The maximum absolute atomic E-state index is 12.3. The van der Waals surface area contributed by atoms with Gasteiger partial charge in [-0.25, -0.2) is 9.78 Å². The molecular weight excluding hydrogens is 375 g/mol. The van der Waals surface area contributed by atoms with Gasteiger partial charge in [-0.1, -0.05) is 23.2 Å². The lowest BCUT2D eigenvalue weighted by atomic mass is 10.2. The maximum atomic E-state index is 12.3. The average Bonchev–Trinajstić information content (AvgIpc) is 3.14. The van der Waals surface area contributed by atoms with Crippen molar-refractivity contribution in [3.63, 3.8) is 0 Å². The van der Waals surface area contributed by atoms with Crippen molar-refractivity contribution in [3.8, 4) is 0 Å². The molecule has 0 saturated carbocycles. The van der Waals surface area contributed by atoms with Crippen molar-refractivity contribution in [2.45, 2.75) is 20.1 Å². The fourth-order valence-corrected chi connectivity index (χ4v) is 2.68. The van der Waals surface area contributed by atoms with Crippen LogP contribution in [-0.2, 0) is 17.9 Å². The highest BCUT2D eigenvalue weighted by molar-refractivity contribution is 6.33. The van der Waals surface area contributed by atoms with E-state index in [9.17, 15) is 4.79 Å². The van der Waals surface area contributed by atoms with Crippen LogP contribution in [0.4, 0.5) is 5.69 Å². The Morgan fingerprint density at radius 3 is 2.81 bits per heavy atom. The number of esters is 1. The molecule has 0 bridgehead atoms. The summed E-state index contributed by atoms with van der Waals surface area (Å²) >= 11 is 12.1. The normalized spacial score (nSPS) is 10.6. The Kier molecular flexibility index (Phi) is 5.81. The fraction of sp³-hybridized carbons (Fsp3) is 0.158. The Morgan fingerprint density at radius 2 is 2.12 bits per heavy atom. The highest BCUT2D eigenvalue weighted by atomic mass is 35.5. The number of ether oxygens (including phenoxy) is 1. The summed E-state index contributed by atoms with van der Waals surface area (Å²) in [6.07, 6.45) is 3.19. The zero-order valence-electron chi connectivity index (χ0n) is 14.0. The molecular formula is C19H16Cl2N2O3. The molecule has 2 heterocycles. The second-order valence-corrected chi connectivity index (χ2v) is 6.42. The third-order valence-electron chi connectivity index (χ3n) is 3.68. The van der Waals surface area contributed by atoms with Gasteiger partial charge < -0.3 is 14.5 Å². The van der Waals surface area contributed by atoms with Gasteiger partial charge >= 0.3 is 5.97 Å². The molecule has 1 aromatic carbocycles. The standard InChI is InChI=1S/C19H16Cl2N2O3/c1-12-7-13(9-23-18(12)21)11-26-19(24)16-5-4-14(8-17(16)20)22-10-15-3-2-6-25-15/h2-9,22H,10-11H2,1H3. The lowest BCUT2D eigenvalue weighted by Crippen LogP contribution is -2.07. The number of anilines is 1. The van der Waals surface area contributed by atoms with Gasteiger partial charge in [-0.3, -0.25) is 0 Å². The Morgan fingerprint density at radius 1 is 1.27 bits per heavy atom. The molecule has 0 atom stereocenters. The molecule has 0 aliphatic rings. The van der Waals surface area contributed by atoms with E-state index < -0.39 is 5.97 Å². The average molecular weight is 391 g/mol. The second kappa shape index (κ2) is 8.25. The van der Waals surface area contributed by atoms with E-state index >= 15 is 0 Å². The van der Waals surface area contributed by atoms with Crippen LogP contribution in [0.5, 0.6) is 0 Å². The van der Waals surface area contributed by atoms with Crippen molar-refractivity contribution in [2.24, 2.45) is 0 Å². The number of benzene rings is 1. The number of nitrogens with one attached hydrogen (secondary N) is 1. The molecule has 0 fully saturated rings. The summed E-state index contributed by atoms with van der Waals surface area (Å²) in [5, 5.41) is 3.91. The molecule has 7 heteroatoms. The molecule has 0 aliphatic carbocycles. The monoisotopic (exact) mass is 390 g/mol. The van der Waals surface area contributed by atoms with Gasteiger partial charge in [0.2, 0.25) is 0 Å². The first-order chi connectivity index (χ1) is 12.5. The first-order valence-corrected chi connectivity index (χ1v) is 8.62. The van der Waals surface area contributed by atoms with Crippen molar-refractivity contribution in [2.75, 3.05) is 5.32 Å². The van der Waals surface area contributed by atoms with Crippen LogP contribution in [0.3, 0.4) is 0 Å². The minimum absolute atomic E-state index is 0.0959. The quantitative estimate of drug-likeness (QED) is 0.459. The number of aromatic nitrogens is 1. The van der Waals surface area contributed by atoms with Crippen molar-refractivity contribution >= 4 is 34.9 Å². The summed E-state index contributed by atoms with van der Waals surface area (Å²) in [5.41, 5.74) is 2.66. The summed E-state index contributed by atoms with van der Waals surface area (Å²) in [7, 11) is 0. The molecule has 3 rings (SSSR count). The zero-order valence-corrected chi connectivity index (χ0v) is 15.5. The number of nitrogens with zero attached hydrogens (tertiary/aromatic N) is 1. The smallest absolute Gasteiger partial charge is 0.339 e. The summed E-state index contributed by atoms with van der Waals surface area (Å²) < 4.78 is 10.6. The van der Waals surface area contributed by atoms with Crippen LogP contribution < -0.4 is 5.32 Å². The van der Waals surface area contributed by atoms with Gasteiger partial charge in [-0.2, -0.15) is 0 Å². The predicted octanol–water partition coefficient (Wildman–Crippen LogP) is 5.26. The Labute approximate surface area is 160 Å². The number of aryl methyl sites for hydroxylation is 1. The molecule has 2 aromatic heterocycles. The van der Waals surface area contributed by atoms with Gasteiger partial charge in [-0.15, -0.1) is 0 Å². The number of carbonyl (C=O) groups is 1. The zero-order chi connectivity index (χ0) is 18.5. The van der Waals surface area contributed by atoms with E-state index in [1.807, 2.05) is 25.1 Å². The minimum atomic E-state index is -0.500. The number of halogens is 2. The summed E-state index contributed by atoms with van der Waals surface area (Å²) in [6.45, 7) is 2.46. The molecule has 5 nitrogen and oxygen atoms in total. The van der Waals surface area contributed by atoms with Crippen LogP contribution in [0, 0.1) is 6.92 Å². The topological polar surface area (TPSA) is 64.4 Å². The number of rotatable bonds is 6. The second-order valence-electron chi connectivity index (χ2n) is 5.65. The maximum Gasteiger partial charge on any atom is 0.339 e. The Bertz CT molecular complexity index is 911. The van der Waals surface area contributed by atoms with Crippen LogP contribution in [0.2, 0.25) is 10.2 Å². The largest absolute Gasteiger partial charge is 0.467 e. The molecule has 0 saturated heterocycles. The van der Waals surface area contributed by atoms with Gasteiger partial charge in [0.1, 0.15) is 17.5 Å². The van der Waals surface area contributed by atoms with E-state index in [-0.39, 0.29) is 6.61 Å². The highest BCUT2D eigenvalue weighted by Gasteiger charge is 2.13. The van der Waals surface area contributed by atoms with Crippen molar-refractivity contribution in [3.05, 3.63) is 81.5 Å². The number of carbonyl (C=O) groups excluding carboxylic acids is 1. The molecule has 0 aliphatic heterocycles. The Balaban J connectivity index is 1.60. The lowest BCUT2D eigenvalue weighted by molar-refractivity contribution is 0.0472. The summed E-state index contributed by atoms with van der Waals surface area (Å²) in [4.78, 5) is 16.3. The number of pyridine rings is 1. The van der Waals surface area contributed by atoms with Crippen molar-refractivity contribution < 1.29 is 13.9 Å². The summed E-state index contributed by atoms with van der Waals surface area (Å²) in [5.74, 6) is 0.302. The van der Waals surface area contributed by atoms with Gasteiger partial charge in [0, 0.05) is 17.4 Å². The molecule has 0 spiro atoms. The third-order valence-corrected chi connectivity index (χ3v) is 4.39. The highest BCUT2D eigenvalue weighted by Crippen LogP contribution is 2.23. The fourth-order valence-electron chi connectivity index (χ4n) is 2.31. The number of hydrogen-bond acceptors (Lipinski definition) is 5. The van der Waals surface area contributed by atoms with E-state index in [2.05, 4.69) is 10.3 Å².